The highest BCUT2D eigenvalue weighted by atomic mass is 15.7. The zero-order chi connectivity index (χ0) is 11.2. The Kier molecular flexibility index (Phi) is 6.77. The summed E-state index contributed by atoms with van der Waals surface area (Å²) >= 11 is 0. The van der Waals surface area contributed by atoms with Gasteiger partial charge in [0.15, 0.2) is 0 Å². The van der Waals surface area contributed by atoms with Gasteiger partial charge in [0, 0.05) is 0 Å². The summed E-state index contributed by atoms with van der Waals surface area (Å²) in [4.78, 5) is 0. The van der Waals surface area contributed by atoms with Crippen molar-refractivity contribution in [2.24, 2.45) is 62.7 Å². The zero-order valence-corrected chi connectivity index (χ0v) is 6.31. The van der Waals surface area contributed by atoms with Crippen LogP contribution in [0.1, 0.15) is 0 Å². The standard InChI is InChI=1S/H2N14/c1-3-5-7-9-11-13-14-12-10-8-6-4-2/h1-2H/b3-1?,4-2?,7-5+,8-6+,11-9+,12-10+,14-13+/i/hD. The molecule has 14 heavy (non-hydrogen) atoms. The molecule has 0 aromatic rings. The Hall–Kier alpha value is -2.80. The molecule has 0 saturated carbocycles. The minimum atomic E-state index is 2.49. The monoisotopic (exact) mass is 199 g/mol. The highest BCUT2D eigenvalue weighted by Crippen LogP contribution is 1.86. The summed E-state index contributed by atoms with van der Waals surface area (Å²) in [6.07, 6.45) is 0. The topological polar surface area (TPSA) is 196 Å². The summed E-state index contributed by atoms with van der Waals surface area (Å²) in [7, 11) is 0. The van der Waals surface area contributed by atoms with E-state index in [0.717, 1.165) is 0 Å². The Labute approximate surface area is 76.4 Å². The van der Waals surface area contributed by atoms with Gasteiger partial charge in [-0.25, -0.2) is 0 Å². The Bertz CT molecular complexity index is 312. The van der Waals surface area contributed by atoms with Gasteiger partial charge < -0.3 is 0 Å². The molecule has 0 spiro atoms. The number of hydrogen-bond donors (Lipinski definition) is 2. The van der Waals surface area contributed by atoms with Gasteiger partial charge in [0.2, 0.25) is 1.41 Å². The average molecular weight is 199 g/mol. The lowest BCUT2D eigenvalue weighted by Crippen LogP contribution is -1.49. The first-order chi connectivity index (χ1) is 7.41. The van der Waals surface area contributed by atoms with Crippen molar-refractivity contribution in [2.75, 3.05) is 0 Å². The molecule has 14 nitrogen and oxygen atoms in total. The number of hydrogen-bond acceptors (Lipinski definition) is 2. The molecule has 0 amide bonds. The van der Waals surface area contributed by atoms with Crippen molar-refractivity contribution in [2.45, 2.75) is 0 Å². The maximum atomic E-state index is 6.15. The lowest BCUT2D eigenvalue weighted by Gasteiger charge is -1.67. The Balaban J connectivity index is 3.74. The van der Waals surface area contributed by atoms with Crippen LogP contribution in [0, 0.1) is 11.1 Å². The fourth-order valence-electron chi connectivity index (χ4n) is 0.181. The molecule has 0 aliphatic carbocycles. The minimum absolute atomic E-state index is 2.49. The van der Waals surface area contributed by atoms with E-state index in [4.69, 9.17) is 6.94 Å². The smallest absolute Gasteiger partial charge is 0.183 e. The van der Waals surface area contributed by atoms with E-state index in [0.29, 0.717) is 0 Å². The quantitative estimate of drug-likeness (QED) is 0.468. The number of nitrogens with one attached hydrogen (secondary N) is 2. The number of rotatable bonds is 6. The van der Waals surface area contributed by atoms with E-state index in [1.807, 2.05) is 0 Å². The van der Waals surface area contributed by atoms with Crippen LogP contribution in [0.4, 0.5) is 0 Å². The second-order valence-corrected chi connectivity index (χ2v) is 1.08. The third kappa shape index (κ3) is 9.20. The summed E-state index contributed by atoms with van der Waals surface area (Å²) in [6.45, 7) is 0. The molecule has 14 heteroatoms. The van der Waals surface area contributed by atoms with E-state index in [2.05, 4.69) is 68.2 Å². The van der Waals surface area contributed by atoms with Gasteiger partial charge in [0.05, 0.1) is 0 Å². The molecule has 0 unspecified atom stereocenters. The predicted octanol–water partition coefficient (Wildman–Crippen LogP) is 2.80. The molecule has 0 fully saturated rings. The van der Waals surface area contributed by atoms with Gasteiger partial charge in [-0.3, -0.25) is 0 Å². The van der Waals surface area contributed by atoms with Crippen LogP contribution >= 0.6 is 0 Å². The highest BCUT2D eigenvalue weighted by Gasteiger charge is 1.68. The maximum absolute atomic E-state index is 6.15. The summed E-state index contributed by atoms with van der Waals surface area (Å²) in [5.41, 5.74) is 8.64. The molecule has 0 aromatic heterocycles. The van der Waals surface area contributed by atoms with E-state index < -0.39 is 0 Å². The van der Waals surface area contributed by atoms with Gasteiger partial charge in [0.25, 0.3) is 0 Å². The van der Waals surface area contributed by atoms with Crippen LogP contribution in [0.15, 0.2) is 62.7 Å². The molecule has 0 aliphatic heterocycles. The Morgan fingerprint density at radius 1 is 0.571 bits per heavy atom. The Morgan fingerprint density at radius 2 is 0.929 bits per heavy atom. The van der Waals surface area contributed by atoms with Crippen molar-refractivity contribution in [3.63, 3.8) is 0 Å². The molecule has 0 heterocycles. The first-order valence-electron chi connectivity index (χ1n) is 3.07. The fraction of sp³-hybridized carbons (Fsp3) is 0. The largest absolute Gasteiger partial charge is 0.216 e. The van der Waals surface area contributed by atoms with E-state index in [1.165, 1.54) is 0 Å². The highest BCUT2D eigenvalue weighted by molar-refractivity contribution is 4.10. The van der Waals surface area contributed by atoms with Crippen LogP contribution in [0.2, 0.25) is 1.41 Å². The average Bonchev–Trinajstić information content (AvgIpc) is 2.26. The summed E-state index contributed by atoms with van der Waals surface area (Å²) in [5, 5.41) is 34.2. The third-order valence-corrected chi connectivity index (χ3v) is 0.445. The van der Waals surface area contributed by atoms with Crippen molar-refractivity contribution in [3.8, 4) is 0 Å². The SMILES string of the molecule is [2H]N=N/N=N/N=N/N=N/N=N/N=N/N=N. The molecule has 0 rings (SSSR count). The van der Waals surface area contributed by atoms with E-state index in [-0.39, 0.29) is 0 Å². The lowest BCUT2D eigenvalue weighted by atomic mass is 12.3. The molecule has 0 radical (unpaired) electrons. The fourth-order valence-corrected chi connectivity index (χ4v) is 0.181. The van der Waals surface area contributed by atoms with Gasteiger partial charge >= 0.3 is 0 Å². The lowest BCUT2D eigenvalue weighted by molar-refractivity contribution is 0.747. The predicted molar refractivity (Wildman–Crippen MR) is 34.6 cm³/mol. The number of nitrogens with zero attached hydrogens (tertiary/aromatic N) is 12. The second kappa shape index (κ2) is 10.2. The molecular weight excluding hydrogens is 196 g/mol. The van der Waals surface area contributed by atoms with Crippen LogP contribution < -0.4 is 0 Å². The summed E-state index contributed by atoms with van der Waals surface area (Å²) < 4.78 is 6.15. The molecule has 0 aromatic carbocycles. The van der Waals surface area contributed by atoms with Gasteiger partial charge in [-0.05, 0) is 62.7 Å². The van der Waals surface area contributed by atoms with Crippen molar-refractivity contribution in [1.29, 1.82) is 11.1 Å². The first kappa shape index (κ1) is 9.29. The molecule has 0 saturated heterocycles. The van der Waals surface area contributed by atoms with E-state index >= 15 is 0 Å². The van der Waals surface area contributed by atoms with Crippen LogP contribution in [-0.2, 0) is 0 Å². The van der Waals surface area contributed by atoms with Gasteiger partial charge in [-0.15, -0.1) is 0 Å². The van der Waals surface area contributed by atoms with E-state index in [1.54, 1.807) is 0 Å². The van der Waals surface area contributed by atoms with Gasteiger partial charge in [-0.2, -0.15) is 11.1 Å². The van der Waals surface area contributed by atoms with Crippen LogP contribution in [0.3, 0.4) is 0 Å². The van der Waals surface area contributed by atoms with Crippen molar-refractivity contribution >= 4 is 0 Å². The van der Waals surface area contributed by atoms with Crippen LogP contribution in [0.25, 0.3) is 0 Å². The third-order valence-electron chi connectivity index (χ3n) is 0.445. The first-order valence-corrected chi connectivity index (χ1v) is 2.62. The summed E-state index contributed by atoms with van der Waals surface area (Å²) in [6, 6.07) is 0. The molecule has 2 N–H and O–H groups in total. The normalized spacial score (nSPS) is 14.7. The van der Waals surface area contributed by atoms with Crippen LogP contribution in [0.5, 0.6) is 0 Å². The molecule has 72 valence electrons. The van der Waals surface area contributed by atoms with Crippen molar-refractivity contribution < 1.29 is 1.41 Å². The second-order valence-electron chi connectivity index (χ2n) is 1.08. The van der Waals surface area contributed by atoms with E-state index in [9.17, 15) is 0 Å². The maximum Gasteiger partial charge on any atom is 0.216 e. The Morgan fingerprint density at radius 3 is 1.29 bits per heavy atom. The molecule has 0 bridgehead atoms. The molecule has 0 aliphatic rings. The van der Waals surface area contributed by atoms with Crippen molar-refractivity contribution in [3.05, 3.63) is 0 Å². The van der Waals surface area contributed by atoms with Crippen molar-refractivity contribution in [1.82, 2.24) is 0 Å². The summed E-state index contributed by atoms with van der Waals surface area (Å²) in [5.74, 6) is 0. The van der Waals surface area contributed by atoms with Gasteiger partial charge in [0.1, 0.15) is 0 Å². The molecule has 0 atom stereocenters. The minimum Gasteiger partial charge on any atom is -0.183 e. The molecular formula is H2N14. The zero-order valence-electron chi connectivity index (χ0n) is 7.31. The van der Waals surface area contributed by atoms with Crippen LogP contribution in [-0.4, -0.2) is 0 Å². The van der Waals surface area contributed by atoms with Gasteiger partial charge in [-0.1, -0.05) is 0 Å².